The average molecular weight is 310 g/mol. The number of phenolic OH excluding ortho intramolecular Hbond substituents is 1. The average Bonchev–Trinajstić information content (AvgIpc) is 2.91. The number of carbonyl (C=O) groups is 1. The first-order chi connectivity index (χ1) is 11.0. The van der Waals surface area contributed by atoms with Gasteiger partial charge in [-0.05, 0) is 23.8 Å². The molecule has 7 heteroatoms. The molecule has 7 nitrogen and oxygen atoms in total. The van der Waals surface area contributed by atoms with E-state index in [1.165, 1.54) is 30.3 Å². The Morgan fingerprint density at radius 1 is 1.17 bits per heavy atom. The van der Waals surface area contributed by atoms with Crippen molar-refractivity contribution in [2.45, 2.75) is 0 Å². The summed E-state index contributed by atoms with van der Waals surface area (Å²) in [4.78, 5) is 26.9. The van der Waals surface area contributed by atoms with Gasteiger partial charge in [0.1, 0.15) is 11.5 Å². The van der Waals surface area contributed by atoms with Crippen molar-refractivity contribution in [3.63, 3.8) is 0 Å². The van der Waals surface area contributed by atoms with Gasteiger partial charge in [0.05, 0.1) is 10.5 Å². The molecule has 1 N–H and O–H groups in total. The highest BCUT2D eigenvalue weighted by atomic mass is 16.7. The molecule has 0 amide bonds. The summed E-state index contributed by atoms with van der Waals surface area (Å²) in [6.45, 7) is 0. The fourth-order valence-electron chi connectivity index (χ4n) is 2.12. The predicted octanol–water partition coefficient (Wildman–Crippen LogP) is 2.64. The highest BCUT2D eigenvalue weighted by molar-refractivity contribution is 6.31. The molecule has 0 unspecified atom stereocenters. The number of hydrogen-bond donors (Lipinski definition) is 1. The molecule has 2 aromatic rings. The molecular formula is C16H10N2O5. The zero-order chi connectivity index (χ0) is 16.4. The minimum absolute atomic E-state index is 0.103. The van der Waals surface area contributed by atoms with E-state index in [2.05, 4.69) is 5.16 Å². The van der Waals surface area contributed by atoms with Crippen LogP contribution in [0.25, 0.3) is 6.08 Å². The third-order valence-corrected chi connectivity index (χ3v) is 3.23. The summed E-state index contributed by atoms with van der Waals surface area (Å²) in [6.07, 6.45) is 1.55. The molecule has 3 rings (SSSR count). The molecule has 0 saturated carbocycles. The van der Waals surface area contributed by atoms with Crippen LogP contribution in [-0.4, -0.2) is 21.7 Å². The topological polar surface area (TPSA) is 102 Å². The Labute approximate surface area is 130 Å². The predicted molar refractivity (Wildman–Crippen MR) is 81.8 cm³/mol. The fraction of sp³-hybridized carbons (Fsp3) is 0. The molecule has 0 bridgehead atoms. The maximum absolute atomic E-state index is 11.9. The Kier molecular flexibility index (Phi) is 3.60. The first-order valence-electron chi connectivity index (χ1n) is 6.60. The minimum atomic E-state index is -0.639. The summed E-state index contributed by atoms with van der Waals surface area (Å²) < 4.78 is 0. The van der Waals surface area contributed by atoms with Gasteiger partial charge in [0, 0.05) is 17.7 Å². The standard InChI is InChI=1S/C16H10N2O5/c19-13-6-4-10(5-7-13)8-14-15(17-23-16(14)20)11-2-1-3-12(9-11)18(21)22/h1-9,19H/b14-8-. The van der Waals surface area contributed by atoms with Crippen molar-refractivity contribution in [1.82, 2.24) is 0 Å². The molecule has 23 heavy (non-hydrogen) atoms. The van der Waals surface area contributed by atoms with Crippen LogP contribution < -0.4 is 0 Å². The molecule has 0 fully saturated rings. The molecule has 1 aliphatic rings. The molecule has 0 radical (unpaired) electrons. The maximum Gasteiger partial charge on any atom is 0.368 e. The number of non-ortho nitro benzene ring substituents is 1. The van der Waals surface area contributed by atoms with Gasteiger partial charge < -0.3 is 9.94 Å². The molecular weight excluding hydrogens is 300 g/mol. The van der Waals surface area contributed by atoms with E-state index in [1.54, 1.807) is 24.3 Å². The Hall–Kier alpha value is -3.48. The lowest BCUT2D eigenvalue weighted by Gasteiger charge is -2.01. The Morgan fingerprint density at radius 2 is 1.91 bits per heavy atom. The number of phenols is 1. The van der Waals surface area contributed by atoms with Gasteiger partial charge in [-0.1, -0.05) is 29.4 Å². The summed E-state index contributed by atoms with van der Waals surface area (Å²) in [7, 11) is 0. The molecule has 1 aliphatic heterocycles. The lowest BCUT2D eigenvalue weighted by Crippen LogP contribution is -2.07. The molecule has 114 valence electrons. The van der Waals surface area contributed by atoms with Gasteiger partial charge in [0.25, 0.3) is 5.69 Å². The number of nitrogens with zero attached hydrogens (tertiary/aromatic N) is 2. The monoisotopic (exact) mass is 310 g/mol. The SMILES string of the molecule is O=C1ON=C(c2cccc([N+](=O)[O-])c2)/C1=C/c1ccc(O)cc1. The Morgan fingerprint density at radius 3 is 2.61 bits per heavy atom. The van der Waals surface area contributed by atoms with Crippen LogP contribution in [0.15, 0.2) is 59.3 Å². The third-order valence-electron chi connectivity index (χ3n) is 3.23. The second-order valence-electron chi connectivity index (χ2n) is 4.78. The quantitative estimate of drug-likeness (QED) is 0.406. The van der Waals surface area contributed by atoms with Gasteiger partial charge in [-0.2, -0.15) is 0 Å². The van der Waals surface area contributed by atoms with Crippen molar-refractivity contribution in [3.8, 4) is 5.75 Å². The minimum Gasteiger partial charge on any atom is -0.508 e. The summed E-state index contributed by atoms with van der Waals surface area (Å²) in [6, 6.07) is 12.0. The largest absolute Gasteiger partial charge is 0.508 e. The lowest BCUT2D eigenvalue weighted by atomic mass is 10.0. The first-order valence-corrected chi connectivity index (χ1v) is 6.60. The number of nitro groups is 1. The van der Waals surface area contributed by atoms with Gasteiger partial charge in [-0.25, -0.2) is 4.79 Å². The highest BCUT2D eigenvalue weighted by Crippen LogP contribution is 2.23. The molecule has 1 heterocycles. The zero-order valence-electron chi connectivity index (χ0n) is 11.7. The van der Waals surface area contributed by atoms with Crippen molar-refractivity contribution in [2.75, 3.05) is 0 Å². The number of oxime groups is 1. The second-order valence-corrected chi connectivity index (χ2v) is 4.78. The van der Waals surface area contributed by atoms with Crippen LogP contribution in [0.2, 0.25) is 0 Å². The van der Waals surface area contributed by atoms with E-state index in [0.717, 1.165) is 0 Å². The molecule has 0 aromatic heterocycles. The normalized spacial score (nSPS) is 15.4. The number of rotatable bonds is 3. The van der Waals surface area contributed by atoms with E-state index in [0.29, 0.717) is 11.1 Å². The van der Waals surface area contributed by atoms with Crippen molar-refractivity contribution in [1.29, 1.82) is 0 Å². The third kappa shape index (κ3) is 2.93. The van der Waals surface area contributed by atoms with Crippen LogP contribution in [0.4, 0.5) is 5.69 Å². The lowest BCUT2D eigenvalue weighted by molar-refractivity contribution is -0.384. The summed E-state index contributed by atoms with van der Waals surface area (Å²) >= 11 is 0. The van der Waals surface area contributed by atoms with Gasteiger partial charge in [0.15, 0.2) is 0 Å². The van der Waals surface area contributed by atoms with Gasteiger partial charge in [-0.3, -0.25) is 10.1 Å². The first kappa shape index (κ1) is 14.5. The van der Waals surface area contributed by atoms with Gasteiger partial charge >= 0.3 is 5.97 Å². The van der Waals surface area contributed by atoms with Crippen LogP contribution in [0.3, 0.4) is 0 Å². The number of nitro benzene ring substituents is 1. The van der Waals surface area contributed by atoms with E-state index < -0.39 is 10.9 Å². The maximum atomic E-state index is 11.9. The summed E-state index contributed by atoms with van der Waals surface area (Å²) in [5.74, 6) is -0.534. The van der Waals surface area contributed by atoms with Crippen molar-refractivity contribution in [3.05, 3.63) is 75.3 Å². The fourth-order valence-corrected chi connectivity index (χ4v) is 2.12. The molecule has 0 saturated heterocycles. The van der Waals surface area contributed by atoms with E-state index in [4.69, 9.17) is 4.84 Å². The van der Waals surface area contributed by atoms with E-state index in [-0.39, 0.29) is 22.7 Å². The number of benzene rings is 2. The molecule has 0 atom stereocenters. The molecule has 2 aromatic carbocycles. The van der Waals surface area contributed by atoms with Gasteiger partial charge in [-0.15, -0.1) is 0 Å². The van der Waals surface area contributed by atoms with Crippen molar-refractivity contribution in [2.24, 2.45) is 5.16 Å². The number of hydrogen-bond acceptors (Lipinski definition) is 6. The Bertz CT molecular complexity index is 853. The summed E-state index contributed by atoms with van der Waals surface area (Å²) in [5, 5.41) is 23.9. The van der Waals surface area contributed by atoms with Gasteiger partial charge in [0.2, 0.25) is 0 Å². The van der Waals surface area contributed by atoms with E-state index >= 15 is 0 Å². The molecule has 0 aliphatic carbocycles. The zero-order valence-corrected chi connectivity index (χ0v) is 11.7. The smallest absolute Gasteiger partial charge is 0.368 e. The Balaban J connectivity index is 2.01. The van der Waals surface area contributed by atoms with Crippen molar-refractivity contribution >= 4 is 23.4 Å². The molecule has 0 spiro atoms. The van der Waals surface area contributed by atoms with Crippen molar-refractivity contribution < 1.29 is 19.7 Å². The highest BCUT2D eigenvalue weighted by Gasteiger charge is 2.27. The summed E-state index contributed by atoms with van der Waals surface area (Å²) in [5.41, 5.74) is 1.39. The number of aromatic hydroxyl groups is 1. The number of carbonyl (C=O) groups excluding carboxylic acids is 1. The van der Waals surface area contributed by atoms with Crippen LogP contribution in [-0.2, 0) is 9.63 Å². The van der Waals surface area contributed by atoms with Crippen LogP contribution in [0, 0.1) is 10.1 Å². The van der Waals surface area contributed by atoms with Crippen LogP contribution in [0.1, 0.15) is 11.1 Å². The second kappa shape index (κ2) is 5.72. The van der Waals surface area contributed by atoms with E-state index in [1.807, 2.05) is 0 Å². The van der Waals surface area contributed by atoms with E-state index in [9.17, 15) is 20.0 Å². The van der Waals surface area contributed by atoms with Crippen LogP contribution >= 0.6 is 0 Å². The van der Waals surface area contributed by atoms with Crippen LogP contribution in [0.5, 0.6) is 5.75 Å².